The molecule has 0 N–H and O–H groups in total. The summed E-state index contributed by atoms with van der Waals surface area (Å²) < 4.78 is 12.2. The van der Waals surface area contributed by atoms with Gasteiger partial charge < -0.3 is 8.98 Å². The lowest BCUT2D eigenvalue weighted by Gasteiger charge is -2.09. The van der Waals surface area contributed by atoms with Crippen molar-refractivity contribution in [2.75, 3.05) is 0 Å². The predicted octanol–water partition coefficient (Wildman–Crippen LogP) is 5.65. The Kier molecular flexibility index (Phi) is 5.78. The van der Waals surface area contributed by atoms with Crippen molar-refractivity contribution in [1.29, 1.82) is 0 Å². The lowest BCUT2D eigenvalue weighted by Crippen LogP contribution is -2.20. The second-order valence-corrected chi connectivity index (χ2v) is 9.26. The van der Waals surface area contributed by atoms with Crippen LogP contribution in [0.3, 0.4) is 0 Å². The molecule has 2 aromatic carbocycles. The Balaban J connectivity index is 1.72. The average Bonchev–Trinajstić information content (AvgIpc) is 3.53. The molecule has 0 aliphatic carbocycles. The molecule has 0 spiro atoms. The summed E-state index contributed by atoms with van der Waals surface area (Å²) in [4.78, 5) is 19.0. The van der Waals surface area contributed by atoms with Gasteiger partial charge in [0, 0.05) is 22.5 Å². The summed E-state index contributed by atoms with van der Waals surface area (Å²) in [6, 6.07) is 21.5. The van der Waals surface area contributed by atoms with Crippen LogP contribution < -0.4 is 10.4 Å². The molecule has 0 aliphatic rings. The molecule has 3 aromatic heterocycles. The number of aromatic nitrogens is 3. The Labute approximate surface area is 202 Å². The van der Waals surface area contributed by atoms with Crippen LogP contribution in [0.1, 0.15) is 11.5 Å². The SMILES string of the molecule is Cc1c(N=c2scc(-c3ccccc3Br)n2Cc2ccco2)c(=O)n(-c2ccccc2)n1C. The summed E-state index contributed by atoms with van der Waals surface area (Å²) in [7, 11) is 1.88. The monoisotopic (exact) mass is 520 g/mol. The topological polar surface area (TPSA) is 57.4 Å². The molecule has 0 radical (unpaired) electrons. The molecule has 0 fully saturated rings. The van der Waals surface area contributed by atoms with Gasteiger partial charge in [-0.2, -0.15) is 0 Å². The molecular weight excluding hydrogens is 500 g/mol. The van der Waals surface area contributed by atoms with Crippen LogP contribution in [-0.2, 0) is 13.6 Å². The molecule has 0 saturated carbocycles. The van der Waals surface area contributed by atoms with Crippen molar-refractivity contribution in [2.24, 2.45) is 12.0 Å². The first kappa shape index (κ1) is 21.5. The molecule has 0 atom stereocenters. The standard InChI is InChI=1S/C25H21BrN4O2S/c1-17-23(24(31)30(28(17)2)18-9-4-3-5-10-18)27-25-29(15-19-11-8-14-32-19)22(16-33-25)20-12-6-7-13-21(20)26/h3-14,16H,15H2,1-2H3. The van der Waals surface area contributed by atoms with Gasteiger partial charge in [0.05, 0.1) is 29.9 Å². The zero-order chi connectivity index (χ0) is 22.9. The van der Waals surface area contributed by atoms with E-state index < -0.39 is 0 Å². The van der Waals surface area contributed by atoms with Crippen molar-refractivity contribution in [3.05, 3.63) is 109 Å². The number of halogens is 1. The minimum Gasteiger partial charge on any atom is -0.467 e. The van der Waals surface area contributed by atoms with Crippen molar-refractivity contribution < 1.29 is 4.42 Å². The van der Waals surface area contributed by atoms with Crippen molar-refractivity contribution in [3.8, 4) is 16.9 Å². The summed E-state index contributed by atoms with van der Waals surface area (Å²) in [5.41, 5.74) is 3.92. The van der Waals surface area contributed by atoms with E-state index in [1.54, 1.807) is 10.9 Å². The van der Waals surface area contributed by atoms with Gasteiger partial charge in [0.1, 0.15) is 5.76 Å². The average molecular weight is 521 g/mol. The number of furan rings is 1. The number of benzene rings is 2. The second kappa shape index (κ2) is 8.88. The highest BCUT2D eigenvalue weighted by Gasteiger charge is 2.17. The summed E-state index contributed by atoms with van der Waals surface area (Å²) in [5.74, 6) is 0.814. The van der Waals surface area contributed by atoms with E-state index in [4.69, 9.17) is 9.41 Å². The molecule has 0 amide bonds. The number of nitrogens with zero attached hydrogens (tertiary/aromatic N) is 4. The fourth-order valence-corrected chi connectivity index (χ4v) is 5.19. The highest BCUT2D eigenvalue weighted by atomic mass is 79.9. The van der Waals surface area contributed by atoms with Crippen molar-refractivity contribution >= 4 is 33.0 Å². The third kappa shape index (κ3) is 3.96. The highest BCUT2D eigenvalue weighted by molar-refractivity contribution is 9.10. The first-order valence-corrected chi connectivity index (χ1v) is 12.1. The van der Waals surface area contributed by atoms with Gasteiger partial charge >= 0.3 is 0 Å². The van der Waals surface area contributed by atoms with Gasteiger partial charge in [-0.05, 0) is 37.3 Å². The van der Waals surface area contributed by atoms with Gasteiger partial charge in [0.25, 0.3) is 5.56 Å². The number of para-hydroxylation sites is 1. The molecule has 166 valence electrons. The first-order chi connectivity index (χ1) is 16.0. The Morgan fingerprint density at radius 3 is 2.52 bits per heavy atom. The molecule has 0 bridgehead atoms. The molecule has 33 heavy (non-hydrogen) atoms. The quantitative estimate of drug-likeness (QED) is 0.300. The van der Waals surface area contributed by atoms with Crippen LogP contribution in [0.25, 0.3) is 16.9 Å². The van der Waals surface area contributed by atoms with Crippen LogP contribution in [0.2, 0.25) is 0 Å². The van der Waals surface area contributed by atoms with Crippen LogP contribution in [0, 0.1) is 6.92 Å². The van der Waals surface area contributed by atoms with Gasteiger partial charge in [-0.3, -0.25) is 9.48 Å². The van der Waals surface area contributed by atoms with Crippen LogP contribution in [0.5, 0.6) is 0 Å². The predicted molar refractivity (Wildman–Crippen MR) is 134 cm³/mol. The lowest BCUT2D eigenvalue weighted by molar-refractivity contribution is 0.492. The molecule has 3 heterocycles. The van der Waals surface area contributed by atoms with E-state index in [0.717, 1.165) is 37.7 Å². The Bertz CT molecular complexity index is 1540. The van der Waals surface area contributed by atoms with E-state index in [9.17, 15) is 4.79 Å². The zero-order valence-corrected chi connectivity index (χ0v) is 20.5. The van der Waals surface area contributed by atoms with Gasteiger partial charge in [-0.1, -0.05) is 52.3 Å². The van der Waals surface area contributed by atoms with E-state index in [2.05, 4.69) is 31.9 Å². The Morgan fingerprint density at radius 2 is 1.79 bits per heavy atom. The number of hydrogen-bond acceptors (Lipinski definition) is 4. The third-order valence-electron chi connectivity index (χ3n) is 5.57. The minimum absolute atomic E-state index is 0.151. The smallest absolute Gasteiger partial charge is 0.297 e. The Morgan fingerprint density at radius 1 is 1.03 bits per heavy atom. The third-order valence-corrected chi connectivity index (χ3v) is 7.13. The zero-order valence-electron chi connectivity index (χ0n) is 18.1. The molecular formula is C25H21BrN4O2S. The first-order valence-electron chi connectivity index (χ1n) is 10.4. The fraction of sp³-hybridized carbons (Fsp3) is 0.120. The van der Waals surface area contributed by atoms with Crippen LogP contribution in [0.15, 0.2) is 97.1 Å². The van der Waals surface area contributed by atoms with Crippen molar-refractivity contribution in [3.63, 3.8) is 0 Å². The maximum atomic E-state index is 13.4. The van der Waals surface area contributed by atoms with Crippen LogP contribution >= 0.6 is 27.3 Å². The van der Waals surface area contributed by atoms with Gasteiger partial charge in [-0.25, -0.2) is 9.67 Å². The van der Waals surface area contributed by atoms with Crippen molar-refractivity contribution in [2.45, 2.75) is 13.5 Å². The van der Waals surface area contributed by atoms with Crippen molar-refractivity contribution in [1.82, 2.24) is 13.9 Å². The van der Waals surface area contributed by atoms with Crippen LogP contribution in [-0.4, -0.2) is 13.9 Å². The highest BCUT2D eigenvalue weighted by Crippen LogP contribution is 2.29. The maximum Gasteiger partial charge on any atom is 0.297 e. The van der Waals surface area contributed by atoms with E-state index >= 15 is 0 Å². The fourth-order valence-electron chi connectivity index (χ4n) is 3.79. The van der Waals surface area contributed by atoms with Crippen LogP contribution in [0.4, 0.5) is 5.69 Å². The molecule has 5 aromatic rings. The summed E-state index contributed by atoms with van der Waals surface area (Å²) >= 11 is 5.16. The molecule has 0 unspecified atom stereocenters. The molecule has 6 nitrogen and oxygen atoms in total. The van der Waals surface area contributed by atoms with Gasteiger partial charge in [-0.15, -0.1) is 11.3 Å². The van der Waals surface area contributed by atoms with E-state index in [1.165, 1.54) is 11.3 Å². The summed E-state index contributed by atoms with van der Waals surface area (Å²) in [6.07, 6.45) is 1.66. The molecule has 8 heteroatoms. The Hall–Kier alpha value is -3.36. The normalized spacial score (nSPS) is 11.9. The maximum absolute atomic E-state index is 13.4. The summed E-state index contributed by atoms with van der Waals surface area (Å²) in [5, 5.41) is 2.07. The largest absolute Gasteiger partial charge is 0.467 e. The van der Waals surface area contributed by atoms with Gasteiger partial charge in [0.15, 0.2) is 10.5 Å². The number of thiazole rings is 1. The lowest BCUT2D eigenvalue weighted by atomic mass is 10.2. The van der Waals surface area contributed by atoms with E-state index in [1.807, 2.05) is 79.3 Å². The molecule has 0 aliphatic heterocycles. The second-order valence-electron chi connectivity index (χ2n) is 7.57. The summed E-state index contributed by atoms with van der Waals surface area (Å²) in [6.45, 7) is 2.42. The minimum atomic E-state index is -0.151. The van der Waals surface area contributed by atoms with E-state index in [-0.39, 0.29) is 5.56 Å². The van der Waals surface area contributed by atoms with E-state index in [0.29, 0.717) is 12.2 Å². The van der Waals surface area contributed by atoms with Gasteiger partial charge in [0.2, 0.25) is 0 Å². The number of rotatable bonds is 5. The number of hydrogen-bond donors (Lipinski definition) is 0. The molecule has 0 saturated heterocycles. The molecule has 5 rings (SSSR count).